The van der Waals surface area contributed by atoms with Crippen LogP contribution in [0.15, 0.2) is 48.5 Å². The number of benzene rings is 2. The molecule has 0 radical (unpaired) electrons. The maximum Gasteiger partial charge on any atom is 0.294 e. The van der Waals surface area contributed by atoms with Crippen LogP contribution in [-0.4, -0.2) is 56.9 Å². The van der Waals surface area contributed by atoms with Gasteiger partial charge in [-0.05, 0) is 42.8 Å². The van der Waals surface area contributed by atoms with Crippen LogP contribution in [0.2, 0.25) is 0 Å². The summed E-state index contributed by atoms with van der Waals surface area (Å²) in [6.45, 7) is 1.66. The SMILES string of the molecule is CCN(CC(=O)Nc1cccc(OC)c1)C(=O)C(=O)C=Cc1ccc(OC)c(OC)c1. The van der Waals surface area contributed by atoms with E-state index in [1.807, 2.05) is 0 Å². The summed E-state index contributed by atoms with van der Waals surface area (Å²) in [7, 11) is 4.56. The third kappa shape index (κ3) is 6.60. The number of carbonyl (C=O) groups is 3. The van der Waals surface area contributed by atoms with Gasteiger partial charge in [0.2, 0.25) is 11.7 Å². The minimum atomic E-state index is -0.764. The van der Waals surface area contributed by atoms with Crippen molar-refractivity contribution < 1.29 is 28.6 Å². The fraction of sp³-hybridized carbons (Fsp3) is 0.261. The quantitative estimate of drug-likeness (QED) is 0.464. The lowest BCUT2D eigenvalue weighted by Gasteiger charge is -2.19. The highest BCUT2D eigenvalue weighted by Gasteiger charge is 2.21. The maximum atomic E-state index is 12.5. The van der Waals surface area contributed by atoms with E-state index in [9.17, 15) is 14.4 Å². The van der Waals surface area contributed by atoms with Gasteiger partial charge in [-0.3, -0.25) is 14.4 Å². The number of amides is 2. The summed E-state index contributed by atoms with van der Waals surface area (Å²) in [4.78, 5) is 38.3. The van der Waals surface area contributed by atoms with Crippen LogP contribution in [0.4, 0.5) is 5.69 Å². The fourth-order valence-electron chi connectivity index (χ4n) is 2.76. The van der Waals surface area contributed by atoms with Crippen molar-refractivity contribution in [3.63, 3.8) is 0 Å². The Labute approximate surface area is 181 Å². The maximum absolute atomic E-state index is 12.5. The predicted molar refractivity (Wildman–Crippen MR) is 117 cm³/mol. The molecule has 0 fully saturated rings. The van der Waals surface area contributed by atoms with Gasteiger partial charge < -0.3 is 24.4 Å². The van der Waals surface area contributed by atoms with Crippen LogP contribution < -0.4 is 19.5 Å². The minimum Gasteiger partial charge on any atom is -0.497 e. The summed E-state index contributed by atoms with van der Waals surface area (Å²) >= 11 is 0. The molecule has 0 saturated carbocycles. The van der Waals surface area contributed by atoms with E-state index in [0.29, 0.717) is 28.5 Å². The molecule has 0 heterocycles. The molecule has 0 saturated heterocycles. The highest BCUT2D eigenvalue weighted by molar-refractivity contribution is 6.41. The Morgan fingerprint density at radius 1 is 0.968 bits per heavy atom. The lowest BCUT2D eigenvalue weighted by Crippen LogP contribution is -2.41. The molecule has 0 bridgehead atoms. The standard InChI is InChI=1S/C23H26N2O6/c1-5-25(15-22(27)24-17-7-6-8-18(14-17)29-2)23(28)19(26)11-9-16-10-12-20(30-3)21(13-16)31-4/h6-14H,5,15H2,1-4H3,(H,24,27). The number of ketones is 1. The van der Waals surface area contributed by atoms with Gasteiger partial charge in [0.15, 0.2) is 11.5 Å². The number of methoxy groups -OCH3 is 3. The van der Waals surface area contributed by atoms with Gasteiger partial charge in [0.25, 0.3) is 5.91 Å². The molecule has 0 aliphatic rings. The van der Waals surface area contributed by atoms with E-state index in [1.54, 1.807) is 49.4 Å². The molecule has 0 aromatic heterocycles. The van der Waals surface area contributed by atoms with Crippen molar-refractivity contribution in [2.24, 2.45) is 0 Å². The molecule has 0 atom stereocenters. The lowest BCUT2D eigenvalue weighted by molar-refractivity contribution is -0.143. The van der Waals surface area contributed by atoms with Gasteiger partial charge in [-0.15, -0.1) is 0 Å². The molecule has 2 aromatic rings. The molecule has 8 heteroatoms. The second kappa shape index (κ2) is 11.4. The molecular weight excluding hydrogens is 400 g/mol. The van der Waals surface area contributed by atoms with E-state index in [-0.39, 0.29) is 13.1 Å². The monoisotopic (exact) mass is 426 g/mol. The predicted octanol–water partition coefficient (Wildman–Crippen LogP) is 2.78. The second-order valence-electron chi connectivity index (χ2n) is 6.41. The van der Waals surface area contributed by atoms with Crippen molar-refractivity contribution in [2.75, 3.05) is 39.7 Å². The van der Waals surface area contributed by atoms with E-state index >= 15 is 0 Å². The third-order valence-electron chi connectivity index (χ3n) is 4.40. The highest BCUT2D eigenvalue weighted by Crippen LogP contribution is 2.28. The number of hydrogen-bond donors (Lipinski definition) is 1. The minimum absolute atomic E-state index is 0.209. The van der Waals surface area contributed by atoms with E-state index in [0.717, 1.165) is 0 Å². The Morgan fingerprint density at radius 3 is 2.35 bits per heavy atom. The molecule has 1 N–H and O–H groups in total. The normalized spacial score (nSPS) is 10.5. The molecule has 164 valence electrons. The number of ether oxygens (including phenoxy) is 3. The topological polar surface area (TPSA) is 94.2 Å². The van der Waals surface area contributed by atoms with Gasteiger partial charge in [0.05, 0.1) is 21.3 Å². The van der Waals surface area contributed by atoms with Gasteiger partial charge in [-0.1, -0.05) is 18.2 Å². The Morgan fingerprint density at radius 2 is 1.71 bits per heavy atom. The zero-order chi connectivity index (χ0) is 22.8. The molecule has 0 aliphatic heterocycles. The zero-order valence-electron chi connectivity index (χ0n) is 18.0. The first-order valence-electron chi connectivity index (χ1n) is 9.59. The zero-order valence-corrected chi connectivity index (χ0v) is 18.0. The average Bonchev–Trinajstić information content (AvgIpc) is 2.80. The van der Waals surface area contributed by atoms with Gasteiger partial charge in [-0.2, -0.15) is 0 Å². The summed E-state index contributed by atoms with van der Waals surface area (Å²) in [5.41, 5.74) is 1.20. The summed E-state index contributed by atoms with van der Waals surface area (Å²) in [5, 5.41) is 2.69. The van der Waals surface area contributed by atoms with Crippen molar-refractivity contribution in [3.05, 3.63) is 54.1 Å². The van der Waals surface area contributed by atoms with Crippen molar-refractivity contribution in [3.8, 4) is 17.2 Å². The number of nitrogens with zero attached hydrogens (tertiary/aromatic N) is 1. The summed E-state index contributed by atoms with van der Waals surface area (Å²) < 4.78 is 15.5. The molecule has 2 aromatic carbocycles. The van der Waals surface area contributed by atoms with E-state index < -0.39 is 17.6 Å². The summed E-state index contributed by atoms with van der Waals surface area (Å²) in [5.74, 6) is -0.253. The fourth-order valence-corrected chi connectivity index (χ4v) is 2.76. The van der Waals surface area contributed by atoms with Crippen molar-refractivity contribution >= 4 is 29.4 Å². The largest absolute Gasteiger partial charge is 0.497 e. The summed E-state index contributed by atoms with van der Waals surface area (Å²) in [6, 6.07) is 12.0. The van der Waals surface area contributed by atoms with Crippen molar-refractivity contribution in [2.45, 2.75) is 6.92 Å². The highest BCUT2D eigenvalue weighted by atomic mass is 16.5. The first-order valence-corrected chi connectivity index (χ1v) is 9.59. The molecule has 2 rings (SSSR count). The van der Waals surface area contributed by atoms with Crippen molar-refractivity contribution in [1.29, 1.82) is 0 Å². The Bertz CT molecular complexity index is 970. The smallest absolute Gasteiger partial charge is 0.294 e. The number of nitrogens with one attached hydrogen (secondary N) is 1. The van der Waals surface area contributed by atoms with Gasteiger partial charge in [0.1, 0.15) is 12.3 Å². The van der Waals surface area contributed by atoms with Crippen LogP contribution in [0.25, 0.3) is 6.08 Å². The first-order chi connectivity index (χ1) is 14.9. The van der Waals surface area contributed by atoms with Crippen LogP contribution in [-0.2, 0) is 14.4 Å². The number of likely N-dealkylation sites (N-methyl/N-ethyl adjacent to an activating group) is 1. The van der Waals surface area contributed by atoms with E-state index in [1.165, 1.54) is 38.4 Å². The Hall–Kier alpha value is -3.81. The number of carbonyl (C=O) groups excluding carboxylic acids is 3. The van der Waals surface area contributed by atoms with Crippen LogP contribution >= 0.6 is 0 Å². The molecule has 8 nitrogen and oxygen atoms in total. The van der Waals surface area contributed by atoms with E-state index in [2.05, 4.69) is 5.32 Å². The molecule has 0 aliphatic carbocycles. The number of anilines is 1. The third-order valence-corrected chi connectivity index (χ3v) is 4.40. The van der Waals surface area contributed by atoms with E-state index in [4.69, 9.17) is 14.2 Å². The average molecular weight is 426 g/mol. The molecule has 31 heavy (non-hydrogen) atoms. The Balaban J connectivity index is 2.01. The lowest BCUT2D eigenvalue weighted by atomic mass is 10.1. The van der Waals surface area contributed by atoms with Crippen LogP contribution in [0.3, 0.4) is 0 Å². The first kappa shape index (κ1) is 23.5. The van der Waals surface area contributed by atoms with Crippen molar-refractivity contribution in [1.82, 2.24) is 4.90 Å². The van der Waals surface area contributed by atoms with Gasteiger partial charge in [-0.25, -0.2) is 0 Å². The van der Waals surface area contributed by atoms with Gasteiger partial charge in [0, 0.05) is 18.3 Å². The molecule has 0 spiro atoms. The number of hydrogen-bond acceptors (Lipinski definition) is 6. The number of rotatable bonds is 10. The summed E-state index contributed by atoms with van der Waals surface area (Å²) in [6.07, 6.45) is 2.68. The van der Waals surface area contributed by atoms with Gasteiger partial charge >= 0.3 is 0 Å². The van der Waals surface area contributed by atoms with Crippen LogP contribution in [0.1, 0.15) is 12.5 Å². The van der Waals surface area contributed by atoms with Crippen LogP contribution in [0, 0.1) is 0 Å². The molecule has 0 unspecified atom stereocenters. The molecule has 2 amide bonds. The Kier molecular flexibility index (Phi) is 8.63. The molecular formula is C23H26N2O6. The van der Waals surface area contributed by atoms with Crippen LogP contribution in [0.5, 0.6) is 17.2 Å². The second-order valence-corrected chi connectivity index (χ2v) is 6.41.